The Balaban J connectivity index is 0. The molecular formula is C19H33F10NO3S. The SMILES string of the molecule is CC[N+](CC)(CC)CC.O=S(=O)([O-])CC(F)C(F)C(F)C(F)C(F)C(F)C(F)C(F)C(F)CF. The lowest BCUT2D eigenvalue weighted by Gasteiger charge is -2.34. The lowest BCUT2D eigenvalue weighted by molar-refractivity contribution is -0.921. The quantitative estimate of drug-likeness (QED) is 0.174. The van der Waals surface area contributed by atoms with Crippen LogP contribution in [0.2, 0.25) is 0 Å². The smallest absolute Gasteiger partial charge is 0.168 e. The molecule has 0 aromatic carbocycles. The Morgan fingerprint density at radius 1 is 0.588 bits per heavy atom. The Morgan fingerprint density at radius 3 is 1.06 bits per heavy atom. The molecule has 0 aliphatic heterocycles. The monoisotopic (exact) mass is 545 g/mol. The van der Waals surface area contributed by atoms with Crippen LogP contribution in [-0.4, -0.2) is 112 Å². The molecule has 0 heterocycles. The summed E-state index contributed by atoms with van der Waals surface area (Å²) in [5, 5.41) is 0. The molecule has 0 saturated heterocycles. The van der Waals surface area contributed by atoms with Crippen molar-refractivity contribution in [3.05, 3.63) is 0 Å². The highest BCUT2D eigenvalue weighted by molar-refractivity contribution is 7.85. The molecular weight excluding hydrogens is 512 g/mol. The van der Waals surface area contributed by atoms with Crippen molar-refractivity contribution in [2.45, 2.75) is 83.2 Å². The molecule has 0 spiro atoms. The third-order valence-corrected chi connectivity index (χ3v) is 6.44. The molecule has 0 aliphatic carbocycles. The molecule has 0 rings (SSSR count). The Labute approximate surface area is 194 Å². The first-order valence-corrected chi connectivity index (χ1v) is 12.2. The molecule has 9 atom stereocenters. The van der Waals surface area contributed by atoms with Crippen molar-refractivity contribution in [2.75, 3.05) is 38.6 Å². The zero-order chi connectivity index (χ0) is 27.4. The van der Waals surface area contributed by atoms with Crippen LogP contribution < -0.4 is 0 Å². The van der Waals surface area contributed by atoms with E-state index in [4.69, 9.17) is 0 Å². The van der Waals surface area contributed by atoms with Gasteiger partial charge in [0.2, 0.25) is 0 Å². The number of rotatable bonds is 15. The normalized spacial score (nSPS) is 20.7. The van der Waals surface area contributed by atoms with Crippen LogP contribution in [0.4, 0.5) is 43.9 Å². The van der Waals surface area contributed by atoms with Gasteiger partial charge in [-0.1, -0.05) is 0 Å². The largest absolute Gasteiger partial charge is 0.748 e. The summed E-state index contributed by atoms with van der Waals surface area (Å²) < 4.78 is 161. The van der Waals surface area contributed by atoms with Crippen LogP contribution in [-0.2, 0) is 10.1 Å². The van der Waals surface area contributed by atoms with E-state index in [-0.39, 0.29) is 0 Å². The number of alkyl halides is 10. The van der Waals surface area contributed by atoms with Gasteiger partial charge in [0.15, 0.2) is 49.4 Å². The minimum absolute atomic E-state index is 1.28. The van der Waals surface area contributed by atoms with Crippen molar-refractivity contribution in [1.29, 1.82) is 0 Å². The van der Waals surface area contributed by atoms with Gasteiger partial charge in [0.1, 0.15) is 12.8 Å². The van der Waals surface area contributed by atoms with E-state index in [2.05, 4.69) is 27.7 Å². The van der Waals surface area contributed by atoms with Gasteiger partial charge in [0, 0.05) is 0 Å². The first-order chi connectivity index (χ1) is 15.5. The highest BCUT2D eigenvalue weighted by atomic mass is 32.2. The molecule has 0 aliphatic rings. The Hall–Kier alpha value is -0.830. The van der Waals surface area contributed by atoms with Gasteiger partial charge in [-0.15, -0.1) is 0 Å². The van der Waals surface area contributed by atoms with Gasteiger partial charge in [0.05, 0.1) is 42.1 Å². The lowest BCUT2D eigenvalue weighted by atomic mass is 9.97. The highest BCUT2D eigenvalue weighted by Gasteiger charge is 2.48. The van der Waals surface area contributed by atoms with Gasteiger partial charge < -0.3 is 9.04 Å². The van der Waals surface area contributed by atoms with Crippen LogP contribution in [0.25, 0.3) is 0 Å². The van der Waals surface area contributed by atoms with E-state index < -0.39 is 78.1 Å². The molecule has 0 saturated carbocycles. The number of quaternary nitrogens is 1. The summed E-state index contributed by atoms with van der Waals surface area (Å²) in [6.07, 6.45) is -33.5. The molecule has 15 heteroatoms. The van der Waals surface area contributed by atoms with Crippen LogP contribution in [0.1, 0.15) is 27.7 Å². The summed E-state index contributed by atoms with van der Waals surface area (Å²) >= 11 is 0. The van der Waals surface area contributed by atoms with Gasteiger partial charge in [0.25, 0.3) is 0 Å². The number of hydrogen-bond donors (Lipinski definition) is 0. The van der Waals surface area contributed by atoms with Gasteiger partial charge in [-0.3, -0.25) is 0 Å². The van der Waals surface area contributed by atoms with Crippen molar-refractivity contribution >= 4 is 10.1 Å². The summed E-state index contributed by atoms with van der Waals surface area (Å²) in [6, 6.07) is 0. The molecule has 0 radical (unpaired) electrons. The minimum atomic E-state index is -5.41. The predicted molar refractivity (Wildman–Crippen MR) is 107 cm³/mol. The van der Waals surface area contributed by atoms with Crippen LogP contribution >= 0.6 is 0 Å². The summed E-state index contributed by atoms with van der Waals surface area (Å²) in [7, 11) is -5.41. The first kappa shape index (κ1) is 35.3. The summed E-state index contributed by atoms with van der Waals surface area (Å²) in [4.78, 5) is 0. The van der Waals surface area contributed by atoms with Crippen molar-refractivity contribution in [2.24, 2.45) is 0 Å². The van der Waals surface area contributed by atoms with E-state index in [0.717, 1.165) is 0 Å². The molecule has 9 unspecified atom stereocenters. The van der Waals surface area contributed by atoms with E-state index in [9.17, 15) is 56.9 Å². The van der Waals surface area contributed by atoms with Crippen molar-refractivity contribution < 1.29 is 61.4 Å². The Morgan fingerprint density at radius 2 is 0.853 bits per heavy atom. The van der Waals surface area contributed by atoms with Gasteiger partial charge >= 0.3 is 0 Å². The maximum atomic E-state index is 13.3. The maximum absolute atomic E-state index is 13.3. The average molecular weight is 546 g/mol. The summed E-state index contributed by atoms with van der Waals surface area (Å²) in [5.41, 5.74) is 0. The van der Waals surface area contributed by atoms with Crippen LogP contribution in [0.5, 0.6) is 0 Å². The fraction of sp³-hybridized carbons (Fsp3) is 1.00. The molecule has 0 aromatic heterocycles. The maximum Gasteiger partial charge on any atom is 0.168 e. The van der Waals surface area contributed by atoms with Gasteiger partial charge in [-0.25, -0.2) is 52.3 Å². The molecule has 208 valence electrons. The topological polar surface area (TPSA) is 57.2 Å². The molecule has 0 aromatic rings. The zero-order valence-corrected chi connectivity index (χ0v) is 20.1. The van der Waals surface area contributed by atoms with Crippen LogP contribution in [0.3, 0.4) is 0 Å². The fourth-order valence-electron chi connectivity index (χ4n) is 2.99. The standard InChI is InChI=1S/C11H14F10O3S.C8H20N/c12-1-3(13)5(15)7(17)9(19)11(21)10(20)8(18)6(16)4(14)2-25(22,23)24;1-5-9(6-2,7-3)8-4/h3-11H,1-2H2,(H,22,23,24);5-8H2,1-4H3/q;+1/p-1. The van der Waals surface area contributed by atoms with Crippen molar-refractivity contribution in [3.8, 4) is 0 Å². The third-order valence-electron chi connectivity index (χ3n) is 5.71. The number of nitrogens with zero attached hydrogens (tertiary/aromatic N) is 1. The highest BCUT2D eigenvalue weighted by Crippen LogP contribution is 2.28. The number of hydrogen-bond acceptors (Lipinski definition) is 3. The predicted octanol–water partition coefficient (Wildman–Crippen LogP) is 4.43. The lowest BCUT2D eigenvalue weighted by Crippen LogP contribution is -2.48. The van der Waals surface area contributed by atoms with Crippen molar-refractivity contribution in [1.82, 2.24) is 0 Å². The third kappa shape index (κ3) is 11.3. The molecule has 0 bridgehead atoms. The molecule has 0 fully saturated rings. The van der Waals surface area contributed by atoms with Gasteiger partial charge in [-0.2, -0.15) is 0 Å². The van der Waals surface area contributed by atoms with E-state index in [1.165, 1.54) is 30.7 Å². The van der Waals surface area contributed by atoms with Crippen LogP contribution in [0.15, 0.2) is 0 Å². The second-order valence-electron chi connectivity index (χ2n) is 7.63. The van der Waals surface area contributed by atoms with E-state index >= 15 is 0 Å². The Kier molecular flexibility index (Phi) is 16.6. The Bertz CT molecular complexity index is 626. The molecule has 34 heavy (non-hydrogen) atoms. The second kappa shape index (κ2) is 16.0. The van der Waals surface area contributed by atoms with Crippen LogP contribution in [0, 0.1) is 0 Å². The summed E-state index contributed by atoms with van der Waals surface area (Å²) in [5.74, 6) is -2.14. The number of halogens is 10. The van der Waals surface area contributed by atoms with E-state index in [0.29, 0.717) is 0 Å². The molecule has 4 nitrogen and oxygen atoms in total. The fourth-order valence-corrected chi connectivity index (χ4v) is 3.56. The van der Waals surface area contributed by atoms with E-state index in [1.807, 2.05) is 0 Å². The van der Waals surface area contributed by atoms with Crippen molar-refractivity contribution in [3.63, 3.8) is 0 Å². The van der Waals surface area contributed by atoms with E-state index in [1.54, 1.807) is 0 Å². The molecule has 0 N–H and O–H groups in total. The second-order valence-corrected chi connectivity index (χ2v) is 9.08. The van der Waals surface area contributed by atoms with Gasteiger partial charge in [-0.05, 0) is 27.7 Å². The minimum Gasteiger partial charge on any atom is -0.748 e. The zero-order valence-electron chi connectivity index (χ0n) is 19.3. The first-order valence-electron chi connectivity index (χ1n) is 10.6. The summed E-state index contributed by atoms with van der Waals surface area (Å²) in [6.45, 7) is 12.1. The average Bonchev–Trinajstić information content (AvgIpc) is 2.81. The molecule has 0 amide bonds.